The van der Waals surface area contributed by atoms with Gasteiger partial charge in [-0.1, -0.05) is 25.1 Å². The maximum Gasteiger partial charge on any atom is 0.323 e. The molecule has 2 rings (SSSR count). The predicted octanol–water partition coefficient (Wildman–Crippen LogP) is 2.08. The number of para-hydroxylation sites is 1. The van der Waals surface area contributed by atoms with Gasteiger partial charge in [0.2, 0.25) is 0 Å². The minimum absolute atomic E-state index is 0.101. The molecule has 0 radical (unpaired) electrons. The Kier molecular flexibility index (Phi) is 2.62. The quantitative estimate of drug-likeness (QED) is 0.803. The molecule has 1 aromatic rings. The lowest BCUT2D eigenvalue weighted by atomic mass is 9.91. The number of nitrogens with zero attached hydrogens (tertiary/aromatic N) is 1. The van der Waals surface area contributed by atoms with Crippen LogP contribution in [0.1, 0.15) is 24.8 Å². The van der Waals surface area contributed by atoms with Crippen LogP contribution in [-0.4, -0.2) is 24.2 Å². The molecule has 0 saturated heterocycles. The smallest absolute Gasteiger partial charge is 0.323 e. The van der Waals surface area contributed by atoms with E-state index < -0.39 is 5.97 Å². The molecule has 15 heavy (non-hydrogen) atoms. The molecule has 0 saturated carbocycles. The summed E-state index contributed by atoms with van der Waals surface area (Å²) in [7, 11) is 0. The van der Waals surface area contributed by atoms with Crippen LogP contribution in [0.5, 0.6) is 0 Å². The fourth-order valence-electron chi connectivity index (χ4n) is 2.15. The first-order valence-electron chi connectivity index (χ1n) is 5.24. The molecule has 0 bridgehead atoms. The van der Waals surface area contributed by atoms with Crippen LogP contribution in [0, 0.1) is 0 Å². The Balaban J connectivity index is 2.31. The molecule has 1 atom stereocenters. The standard InChI is InChI=1S/C12H15NO2/c1-9-6-7-13(8-12(14)15)11-5-3-2-4-10(9)11/h2-5,9H,6-8H2,1H3,(H,14,15). The van der Waals surface area contributed by atoms with Gasteiger partial charge in [-0.25, -0.2) is 0 Å². The Morgan fingerprint density at radius 2 is 2.27 bits per heavy atom. The van der Waals surface area contributed by atoms with Crippen molar-refractivity contribution in [3.05, 3.63) is 29.8 Å². The second-order valence-corrected chi connectivity index (χ2v) is 4.06. The van der Waals surface area contributed by atoms with Gasteiger partial charge in [0.05, 0.1) is 0 Å². The monoisotopic (exact) mass is 205 g/mol. The number of hydrogen-bond donors (Lipinski definition) is 1. The number of carbonyl (C=O) groups is 1. The first-order valence-corrected chi connectivity index (χ1v) is 5.24. The highest BCUT2D eigenvalue weighted by Gasteiger charge is 2.22. The van der Waals surface area contributed by atoms with Crippen LogP contribution in [0.15, 0.2) is 24.3 Å². The number of fused-ring (bicyclic) bond motifs is 1. The second kappa shape index (κ2) is 3.93. The summed E-state index contributed by atoms with van der Waals surface area (Å²) >= 11 is 0. The normalized spacial score (nSPS) is 19.8. The van der Waals surface area contributed by atoms with Crippen molar-refractivity contribution in [1.29, 1.82) is 0 Å². The Hall–Kier alpha value is -1.51. The van der Waals surface area contributed by atoms with Crippen LogP contribution in [0.3, 0.4) is 0 Å². The molecule has 0 aliphatic carbocycles. The van der Waals surface area contributed by atoms with Gasteiger partial charge in [0.1, 0.15) is 6.54 Å². The summed E-state index contributed by atoms with van der Waals surface area (Å²) in [5.74, 6) is -0.231. The van der Waals surface area contributed by atoms with Crippen molar-refractivity contribution in [1.82, 2.24) is 0 Å². The van der Waals surface area contributed by atoms with Crippen LogP contribution in [-0.2, 0) is 4.79 Å². The van der Waals surface area contributed by atoms with E-state index in [1.807, 2.05) is 23.1 Å². The summed E-state index contributed by atoms with van der Waals surface area (Å²) in [6.07, 6.45) is 1.03. The molecule has 1 unspecified atom stereocenters. The number of carboxylic acids is 1. The third kappa shape index (κ3) is 1.96. The third-order valence-electron chi connectivity index (χ3n) is 2.97. The molecule has 1 heterocycles. The molecule has 1 aliphatic rings. The number of hydrogen-bond acceptors (Lipinski definition) is 2. The van der Waals surface area contributed by atoms with E-state index in [1.54, 1.807) is 0 Å². The van der Waals surface area contributed by atoms with Gasteiger partial charge in [-0.15, -0.1) is 0 Å². The Morgan fingerprint density at radius 3 is 3.00 bits per heavy atom. The van der Waals surface area contributed by atoms with E-state index in [-0.39, 0.29) is 6.54 Å². The van der Waals surface area contributed by atoms with Gasteiger partial charge in [0, 0.05) is 12.2 Å². The van der Waals surface area contributed by atoms with Crippen LogP contribution in [0.2, 0.25) is 0 Å². The molecule has 1 N–H and O–H groups in total. The average Bonchev–Trinajstić information content (AvgIpc) is 2.22. The lowest BCUT2D eigenvalue weighted by Gasteiger charge is -2.33. The van der Waals surface area contributed by atoms with Gasteiger partial charge in [-0.05, 0) is 24.0 Å². The van der Waals surface area contributed by atoms with Crippen LogP contribution in [0.25, 0.3) is 0 Å². The highest BCUT2D eigenvalue weighted by atomic mass is 16.4. The Morgan fingerprint density at radius 1 is 1.53 bits per heavy atom. The molecule has 0 amide bonds. The number of aliphatic carboxylic acids is 1. The van der Waals surface area contributed by atoms with Crippen molar-refractivity contribution in [2.45, 2.75) is 19.3 Å². The summed E-state index contributed by atoms with van der Waals surface area (Å²) in [6.45, 7) is 3.13. The van der Waals surface area contributed by atoms with Crippen molar-refractivity contribution < 1.29 is 9.90 Å². The highest BCUT2D eigenvalue weighted by Crippen LogP contribution is 2.34. The molecule has 0 spiro atoms. The molecule has 80 valence electrons. The average molecular weight is 205 g/mol. The molecule has 0 aromatic heterocycles. The molecule has 3 nitrogen and oxygen atoms in total. The van der Waals surface area contributed by atoms with Gasteiger partial charge >= 0.3 is 5.97 Å². The third-order valence-corrected chi connectivity index (χ3v) is 2.97. The van der Waals surface area contributed by atoms with Gasteiger partial charge in [0.25, 0.3) is 0 Å². The van der Waals surface area contributed by atoms with E-state index in [9.17, 15) is 4.79 Å². The number of rotatable bonds is 2. The zero-order valence-corrected chi connectivity index (χ0v) is 8.81. The Bertz CT molecular complexity index is 376. The minimum atomic E-state index is -0.764. The Labute approximate surface area is 89.3 Å². The maximum atomic E-state index is 10.7. The number of benzene rings is 1. The molecular weight excluding hydrogens is 190 g/mol. The van der Waals surface area contributed by atoms with E-state index in [0.717, 1.165) is 18.7 Å². The van der Waals surface area contributed by atoms with Crippen LogP contribution in [0.4, 0.5) is 5.69 Å². The van der Waals surface area contributed by atoms with Gasteiger partial charge < -0.3 is 10.0 Å². The second-order valence-electron chi connectivity index (χ2n) is 4.06. The first kappa shape index (κ1) is 10.0. The molecular formula is C12H15NO2. The van der Waals surface area contributed by atoms with Crippen molar-refractivity contribution in [2.24, 2.45) is 0 Å². The zero-order chi connectivity index (χ0) is 10.8. The van der Waals surface area contributed by atoms with Gasteiger partial charge in [-0.2, -0.15) is 0 Å². The fourth-order valence-corrected chi connectivity index (χ4v) is 2.15. The minimum Gasteiger partial charge on any atom is -0.480 e. The predicted molar refractivity (Wildman–Crippen MR) is 59.3 cm³/mol. The highest BCUT2D eigenvalue weighted by molar-refractivity contribution is 5.75. The first-order chi connectivity index (χ1) is 7.18. The van der Waals surface area contributed by atoms with Crippen molar-refractivity contribution in [3.8, 4) is 0 Å². The summed E-state index contributed by atoms with van der Waals surface area (Å²) in [5.41, 5.74) is 2.35. The largest absolute Gasteiger partial charge is 0.480 e. The fraction of sp³-hybridized carbons (Fsp3) is 0.417. The lowest BCUT2D eigenvalue weighted by molar-refractivity contribution is -0.135. The summed E-state index contributed by atoms with van der Waals surface area (Å²) in [5, 5.41) is 8.82. The topological polar surface area (TPSA) is 40.5 Å². The van der Waals surface area contributed by atoms with Crippen molar-refractivity contribution in [2.75, 3.05) is 18.0 Å². The summed E-state index contributed by atoms with van der Waals surface area (Å²) in [6, 6.07) is 8.08. The SMILES string of the molecule is CC1CCN(CC(=O)O)c2ccccc21. The van der Waals surface area contributed by atoms with Crippen molar-refractivity contribution >= 4 is 11.7 Å². The maximum absolute atomic E-state index is 10.7. The molecule has 1 aliphatic heterocycles. The van der Waals surface area contributed by atoms with Crippen LogP contribution < -0.4 is 4.90 Å². The molecule has 0 fully saturated rings. The van der Waals surface area contributed by atoms with E-state index in [4.69, 9.17) is 5.11 Å². The summed E-state index contributed by atoms with van der Waals surface area (Å²) in [4.78, 5) is 12.7. The van der Waals surface area contributed by atoms with Gasteiger partial charge in [-0.3, -0.25) is 4.79 Å². The number of anilines is 1. The van der Waals surface area contributed by atoms with E-state index >= 15 is 0 Å². The van der Waals surface area contributed by atoms with E-state index in [1.165, 1.54) is 5.56 Å². The number of carboxylic acid groups (broad SMARTS) is 1. The van der Waals surface area contributed by atoms with E-state index in [2.05, 4.69) is 13.0 Å². The van der Waals surface area contributed by atoms with Crippen molar-refractivity contribution in [3.63, 3.8) is 0 Å². The molecule has 1 aromatic carbocycles. The lowest BCUT2D eigenvalue weighted by Crippen LogP contribution is -2.34. The van der Waals surface area contributed by atoms with Gasteiger partial charge in [0.15, 0.2) is 0 Å². The van der Waals surface area contributed by atoms with Crippen LogP contribution >= 0.6 is 0 Å². The zero-order valence-electron chi connectivity index (χ0n) is 8.81. The summed E-state index contributed by atoms with van der Waals surface area (Å²) < 4.78 is 0. The molecule has 3 heteroatoms. The van der Waals surface area contributed by atoms with E-state index in [0.29, 0.717) is 5.92 Å².